The van der Waals surface area contributed by atoms with Crippen molar-refractivity contribution in [3.05, 3.63) is 29.3 Å². The Morgan fingerprint density at radius 2 is 2.14 bits per heavy atom. The molecule has 3 N–H and O–H groups in total. The normalized spacial score (nSPS) is 24.1. The maximum absolute atomic E-state index is 12.6. The van der Waals surface area contributed by atoms with Crippen molar-refractivity contribution in [3.63, 3.8) is 0 Å². The van der Waals surface area contributed by atoms with Crippen molar-refractivity contribution < 1.29 is 9.59 Å². The summed E-state index contributed by atoms with van der Waals surface area (Å²) in [6.07, 6.45) is 2.04. The number of carbonyl (C=O) groups excluding carboxylic acids is 2. The van der Waals surface area contributed by atoms with Crippen molar-refractivity contribution in [2.45, 2.75) is 32.2 Å². The molecule has 1 fully saturated rings. The molecule has 1 saturated heterocycles. The SMILES string of the molecule is CC1CN(C(=O)c2ccc3c(c2)CCC(=O)N3)CCC1N.Cl. The van der Waals surface area contributed by atoms with Crippen LogP contribution in [0, 0.1) is 5.92 Å². The minimum Gasteiger partial charge on any atom is -0.338 e. The second-order valence-electron chi connectivity index (χ2n) is 6.10. The van der Waals surface area contributed by atoms with Crippen molar-refractivity contribution in [1.29, 1.82) is 0 Å². The van der Waals surface area contributed by atoms with Gasteiger partial charge in [0.2, 0.25) is 5.91 Å². The first-order valence-electron chi connectivity index (χ1n) is 7.52. The van der Waals surface area contributed by atoms with Crippen molar-refractivity contribution in [1.82, 2.24) is 4.90 Å². The first kappa shape index (κ1) is 16.8. The van der Waals surface area contributed by atoms with Gasteiger partial charge in [0.1, 0.15) is 0 Å². The van der Waals surface area contributed by atoms with Gasteiger partial charge in [0.15, 0.2) is 0 Å². The van der Waals surface area contributed by atoms with Crippen LogP contribution in [0.2, 0.25) is 0 Å². The number of fused-ring (bicyclic) bond motifs is 1. The fraction of sp³-hybridized carbons (Fsp3) is 0.500. The Balaban J connectivity index is 0.00000176. The van der Waals surface area contributed by atoms with Crippen molar-refractivity contribution >= 4 is 29.9 Å². The highest BCUT2D eigenvalue weighted by Crippen LogP contribution is 2.25. The number of halogens is 1. The molecule has 1 aromatic rings. The van der Waals surface area contributed by atoms with Gasteiger partial charge in [-0.2, -0.15) is 0 Å². The fourth-order valence-corrected chi connectivity index (χ4v) is 3.05. The summed E-state index contributed by atoms with van der Waals surface area (Å²) in [6.45, 7) is 3.53. The van der Waals surface area contributed by atoms with Gasteiger partial charge in [-0.05, 0) is 42.5 Å². The van der Waals surface area contributed by atoms with Crippen LogP contribution in [0.5, 0.6) is 0 Å². The first-order valence-corrected chi connectivity index (χ1v) is 7.52. The van der Waals surface area contributed by atoms with Gasteiger partial charge in [-0.3, -0.25) is 9.59 Å². The van der Waals surface area contributed by atoms with Gasteiger partial charge in [-0.1, -0.05) is 6.92 Å². The number of piperidine rings is 1. The summed E-state index contributed by atoms with van der Waals surface area (Å²) in [5, 5.41) is 2.84. The summed E-state index contributed by atoms with van der Waals surface area (Å²) in [7, 11) is 0. The number of nitrogens with two attached hydrogens (primary N) is 1. The molecule has 2 unspecified atom stereocenters. The highest BCUT2D eigenvalue weighted by molar-refractivity contribution is 5.98. The van der Waals surface area contributed by atoms with Gasteiger partial charge in [-0.15, -0.1) is 12.4 Å². The molecule has 2 atom stereocenters. The van der Waals surface area contributed by atoms with Gasteiger partial charge in [0, 0.05) is 36.8 Å². The van der Waals surface area contributed by atoms with Gasteiger partial charge >= 0.3 is 0 Å². The van der Waals surface area contributed by atoms with E-state index in [2.05, 4.69) is 12.2 Å². The number of nitrogens with one attached hydrogen (secondary N) is 1. The molecule has 5 nitrogen and oxygen atoms in total. The van der Waals surface area contributed by atoms with Crippen molar-refractivity contribution in [2.24, 2.45) is 11.7 Å². The van der Waals surface area contributed by atoms with Crippen LogP contribution in [0.15, 0.2) is 18.2 Å². The van der Waals surface area contributed by atoms with Crippen LogP contribution in [-0.4, -0.2) is 35.8 Å². The number of rotatable bonds is 1. The molecular formula is C16H22ClN3O2. The van der Waals surface area contributed by atoms with E-state index in [0.29, 0.717) is 30.9 Å². The molecule has 2 aliphatic rings. The molecule has 2 aliphatic heterocycles. The smallest absolute Gasteiger partial charge is 0.253 e. The van der Waals surface area contributed by atoms with Crippen molar-refractivity contribution in [3.8, 4) is 0 Å². The summed E-state index contributed by atoms with van der Waals surface area (Å²) in [6, 6.07) is 5.73. The Kier molecular flexibility index (Phi) is 5.08. The molecule has 120 valence electrons. The third-order valence-electron chi connectivity index (χ3n) is 4.51. The fourth-order valence-electron chi connectivity index (χ4n) is 3.05. The number of hydrogen-bond acceptors (Lipinski definition) is 3. The average Bonchev–Trinajstić information content (AvgIpc) is 2.49. The highest BCUT2D eigenvalue weighted by Gasteiger charge is 2.27. The molecule has 0 bridgehead atoms. The summed E-state index contributed by atoms with van der Waals surface area (Å²) in [4.78, 5) is 25.8. The molecule has 0 aromatic heterocycles. The predicted octanol–water partition coefficient (Wildman–Crippen LogP) is 1.80. The summed E-state index contributed by atoms with van der Waals surface area (Å²) >= 11 is 0. The topological polar surface area (TPSA) is 75.4 Å². The monoisotopic (exact) mass is 323 g/mol. The van der Waals surface area contributed by atoms with Crippen LogP contribution in [0.1, 0.15) is 35.7 Å². The number of hydrogen-bond donors (Lipinski definition) is 2. The molecule has 0 radical (unpaired) electrons. The van der Waals surface area contributed by atoms with E-state index in [1.165, 1.54) is 0 Å². The molecular weight excluding hydrogens is 302 g/mol. The van der Waals surface area contributed by atoms with Crippen LogP contribution in [0.3, 0.4) is 0 Å². The Morgan fingerprint density at radius 1 is 1.36 bits per heavy atom. The molecule has 0 aliphatic carbocycles. The lowest BCUT2D eigenvalue weighted by molar-refractivity contribution is -0.116. The minimum absolute atomic E-state index is 0. The van der Waals surface area contributed by atoms with E-state index in [-0.39, 0.29) is 30.3 Å². The Bertz CT molecular complexity index is 591. The predicted molar refractivity (Wildman–Crippen MR) is 88.3 cm³/mol. The van der Waals surface area contributed by atoms with E-state index in [4.69, 9.17) is 5.73 Å². The number of amides is 2. The van der Waals surface area contributed by atoms with E-state index in [0.717, 1.165) is 24.2 Å². The van der Waals surface area contributed by atoms with Gasteiger partial charge in [-0.25, -0.2) is 0 Å². The maximum Gasteiger partial charge on any atom is 0.253 e. The number of likely N-dealkylation sites (tertiary alicyclic amines) is 1. The minimum atomic E-state index is 0. The quantitative estimate of drug-likeness (QED) is 0.827. The Morgan fingerprint density at radius 3 is 2.86 bits per heavy atom. The molecule has 0 saturated carbocycles. The zero-order valence-electron chi connectivity index (χ0n) is 12.7. The second-order valence-corrected chi connectivity index (χ2v) is 6.10. The number of aryl methyl sites for hydroxylation is 1. The number of benzene rings is 1. The van der Waals surface area contributed by atoms with Crippen molar-refractivity contribution in [2.75, 3.05) is 18.4 Å². The van der Waals surface area contributed by atoms with E-state index in [1.807, 2.05) is 17.0 Å². The van der Waals surface area contributed by atoms with Crippen LogP contribution in [0.25, 0.3) is 0 Å². The maximum atomic E-state index is 12.6. The van der Waals surface area contributed by atoms with Crippen LogP contribution >= 0.6 is 12.4 Å². The largest absolute Gasteiger partial charge is 0.338 e. The standard InChI is InChI=1S/C16H21N3O2.ClH/c1-10-9-19(7-6-13(10)17)16(21)12-2-4-14-11(8-12)3-5-15(20)18-14;/h2,4,8,10,13H,3,5-7,9,17H2,1H3,(H,18,20);1H. The van der Waals surface area contributed by atoms with Gasteiger partial charge < -0.3 is 16.0 Å². The van der Waals surface area contributed by atoms with Crippen LogP contribution < -0.4 is 11.1 Å². The first-order chi connectivity index (χ1) is 10.0. The second kappa shape index (κ2) is 6.67. The van der Waals surface area contributed by atoms with Crippen LogP contribution in [-0.2, 0) is 11.2 Å². The molecule has 2 amide bonds. The zero-order valence-corrected chi connectivity index (χ0v) is 13.5. The number of nitrogens with zero attached hydrogens (tertiary/aromatic N) is 1. The summed E-state index contributed by atoms with van der Waals surface area (Å²) in [5.74, 6) is 0.438. The molecule has 3 rings (SSSR count). The number of carbonyl (C=O) groups is 2. The van der Waals surface area contributed by atoms with E-state index < -0.39 is 0 Å². The lowest BCUT2D eigenvalue weighted by Gasteiger charge is -2.35. The Labute approximate surface area is 136 Å². The van der Waals surface area contributed by atoms with E-state index >= 15 is 0 Å². The van der Waals surface area contributed by atoms with Gasteiger partial charge in [0.25, 0.3) is 5.91 Å². The molecule has 0 spiro atoms. The molecule has 2 heterocycles. The average molecular weight is 324 g/mol. The Hall–Kier alpha value is -1.59. The third kappa shape index (κ3) is 3.25. The van der Waals surface area contributed by atoms with Gasteiger partial charge in [0.05, 0.1) is 0 Å². The molecule has 22 heavy (non-hydrogen) atoms. The van der Waals surface area contributed by atoms with E-state index in [1.54, 1.807) is 6.07 Å². The molecule has 6 heteroatoms. The lowest BCUT2D eigenvalue weighted by Crippen LogP contribution is -2.48. The summed E-state index contributed by atoms with van der Waals surface area (Å²) < 4.78 is 0. The third-order valence-corrected chi connectivity index (χ3v) is 4.51. The molecule has 1 aromatic carbocycles. The number of anilines is 1. The van der Waals surface area contributed by atoms with E-state index in [9.17, 15) is 9.59 Å². The van der Waals surface area contributed by atoms with Crippen LogP contribution in [0.4, 0.5) is 5.69 Å². The zero-order chi connectivity index (χ0) is 15.0. The lowest BCUT2D eigenvalue weighted by atomic mass is 9.94. The highest BCUT2D eigenvalue weighted by atomic mass is 35.5. The summed E-state index contributed by atoms with van der Waals surface area (Å²) in [5.41, 5.74) is 8.58.